The number of unbranched alkanes of at least 4 members (excludes halogenated alkanes) is 2. The Morgan fingerprint density at radius 1 is 1.17 bits per heavy atom. The highest BCUT2D eigenvalue weighted by atomic mass is 35.5. The van der Waals surface area contributed by atoms with Crippen LogP contribution in [-0.4, -0.2) is 21.3 Å². The minimum Gasteiger partial charge on any atom is -0.284 e. The van der Waals surface area contributed by atoms with Gasteiger partial charge in [-0.3, -0.25) is 9.11 Å². The number of hydrogen-bond acceptors (Lipinski definition) is 2. The van der Waals surface area contributed by atoms with Gasteiger partial charge in [0.2, 0.25) is 10.0 Å². The highest BCUT2D eigenvalue weighted by Gasteiger charge is 1.98. The smallest absolute Gasteiger partial charge is 0.229 e. The Morgan fingerprint density at radius 3 is 2.06 bits per heavy atom. The highest BCUT2D eigenvalue weighted by molar-refractivity contribution is 7.92. The molecule has 1 aromatic rings. The predicted octanol–water partition coefficient (Wildman–Crippen LogP) is 3.63. The molecule has 106 valence electrons. The van der Waals surface area contributed by atoms with E-state index in [1.165, 1.54) is 0 Å². The van der Waals surface area contributed by atoms with Gasteiger partial charge in [-0.05, 0) is 18.6 Å². The molecular weight excluding hydrogens is 277 g/mol. The zero-order valence-corrected chi connectivity index (χ0v) is 12.4. The van der Waals surface area contributed by atoms with Gasteiger partial charge in [0.05, 0.1) is 12.9 Å². The van der Waals surface area contributed by atoms with Crippen LogP contribution in [0.4, 0.5) is 10.1 Å². The van der Waals surface area contributed by atoms with Crippen LogP contribution in [0.25, 0.3) is 0 Å². The van der Waals surface area contributed by atoms with E-state index >= 15 is 0 Å². The zero-order valence-electron chi connectivity index (χ0n) is 10.7. The monoisotopic (exact) mass is 297 g/mol. The molecule has 18 heavy (non-hydrogen) atoms. The van der Waals surface area contributed by atoms with Gasteiger partial charge in [0, 0.05) is 5.69 Å². The van der Waals surface area contributed by atoms with Gasteiger partial charge >= 0.3 is 0 Å². The number of rotatable bonds is 5. The first-order chi connectivity index (χ1) is 7.99. The van der Waals surface area contributed by atoms with Gasteiger partial charge in [0.15, 0.2) is 0 Å². The molecule has 0 amide bonds. The molecule has 0 atom stereocenters. The topological polar surface area (TPSA) is 46.2 Å². The van der Waals surface area contributed by atoms with Crippen LogP contribution in [0.1, 0.15) is 26.2 Å². The van der Waals surface area contributed by atoms with Crippen LogP contribution in [0, 0.1) is 0 Å². The Hall–Kier alpha value is -0.810. The summed E-state index contributed by atoms with van der Waals surface area (Å²) >= 11 is 0. The molecule has 1 aromatic carbocycles. The summed E-state index contributed by atoms with van der Waals surface area (Å²) in [6, 6.07) is 8.76. The van der Waals surface area contributed by atoms with Crippen molar-refractivity contribution < 1.29 is 12.8 Å². The maximum atomic E-state index is 11.2. The number of sulfonamides is 1. The van der Waals surface area contributed by atoms with Crippen LogP contribution in [0.2, 0.25) is 0 Å². The molecule has 0 aliphatic rings. The second kappa shape index (κ2) is 11.3. The quantitative estimate of drug-likeness (QED) is 0.844. The fraction of sp³-hybridized carbons (Fsp3) is 0.500. The summed E-state index contributed by atoms with van der Waals surface area (Å²) in [6.45, 7) is 1.92. The van der Waals surface area contributed by atoms with Crippen molar-refractivity contribution in [2.45, 2.75) is 26.2 Å². The third kappa shape index (κ3) is 13.3. The average Bonchev–Trinajstić information content (AvgIpc) is 2.26. The summed E-state index contributed by atoms with van der Waals surface area (Å²) < 4.78 is 34.9. The van der Waals surface area contributed by atoms with Crippen LogP contribution >= 0.6 is 12.4 Å². The minimum absolute atomic E-state index is 0. The summed E-state index contributed by atoms with van der Waals surface area (Å²) in [4.78, 5) is 0. The molecular formula is C12H21ClFNO2S. The van der Waals surface area contributed by atoms with Crippen LogP contribution in [0.15, 0.2) is 30.3 Å². The largest absolute Gasteiger partial charge is 0.284 e. The van der Waals surface area contributed by atoms with E-state index in [0.29, 0.717) is 5.69 Å². The first kappa shape index (κ1) is 19.5. The van der Waals surface area contributed by atoms with E-state index in [1.807, 2.05) is 6.07 Å². The first-order valence-electron chi connectivity index (χ1n) is 5.58. The zero-order chi connectivity index (χ0) is 13.1. The standard InChI is InChI=1S/C7H9NO2S.C5H11F.ClH/c1-11(9,10)8-7-5-3-2-4-6-7;1-2-3-4-5-6;/h2-6,8H,1H3;2-5H2,1H3;1H. The Bertz CT molecular complexity index is 380. The molecule has 0 radical (unpaired) electrons. The van der Waals surface area contributed by atoms with E-state index in [0.717, 1.165) is 25.5 Å². The SMILES string of the molecule is CCCCCF.CS(=O)(=O)Nc1ccccc1.Cl. The highest BCUT2D eigenvalue weighted by Crippen LogP contribution is 2.05. The van der Waals surface area contributed by atoms with E-state index in [9.17, 15) is 12.8 Å². The summed E-state index contributed by atoms with van der Waals surface area (Å²) in [5.74, 6) is 0. The lowest BCUT2D eigenvalue weighted by atomic mass is 10.3. The Labute approximate surface area is 115 Å². The van der Waals surface area contributed by atoms with E-state index in [-0.39, 0.29) is 19.1 Å². The van der Waals surface area contributed by atoms with Crippen molar-refractivity contribution in [3.8, 4) is 0 Å². The van der Waals surface area contributed by atoms with E-state index < -0.39 is 10.0 Å². The van der Waals surface area contributed by atoms with Crippen LogP contribution in [0.5, 0.6) is 0 Å². The van der Waals surface area contributed by atoms with Crippen molar-refractivity contribution >= 4 is 28.1 Å². The normalized spacial score (nSPS) is 9.72. The van der Waals surface area contributed by atoms with Gasteiger partial charge in [0.1, 0.15) is 0 Å². The van der Waals surface area contributed by atoms with Gasteiger partial charge in [-0.15, -0.1) is 12.4 Å². The molecule has 0 aromatic heterocycles. The van der Waals surface area contributed by atoms with Crippen molar-refractivity contribution in [3.05, 3.63) is 30.3 Å². The third-order valence-electron chi connectivity index (χ3n) is 1.81. The molecule has 0 saturated carbocycles. The van der Waals surface area contributed by atoms with Gasteiger partial charge in [-0.2, -0.15) is 0 Å². The number of hydrogen-bond donors (Lipinski definition) is 1. The molecule has 0 saturated heterocycles. The van der Waals surface area contributed by atoms with Gasteiger partial charge in [-0.25, -0.2) is 8.42 Å². The van der Waals surface area contributed by atoms with Crippen LogP contribution < -0.4 is 4.72 Å². The molecule has 0 fully saturated rings. The summed E-state index contributed by atoms with van der Waals surface area (Å²) in [5.41, 5.74) is 0.593. The summed E-state index contributed by atoms with van der Waals surface area (Å²) in [5, 5.41) is 0. The van der Waals surface area contributed by atoms with Crippen LogP contribution in [-0.2, 0) is 10.0 Å². The lowest BCUT2D eigenvalue weighted by molar-refractivity contribution is 0.460. The molecule has 3 nitrogen and oxygen atoms in total. The second-order valence-corrected chi connectivity index (χ2v) is 5.38. The first-order valence-corrected chi connectivity index (χ1v) is 7.47. The molecule has 0 aliphatic heterocycles. The molecule has 0 aliphatic carbocycles. The number of halogens is 2. The molecule has 0 unspecified atom stereocenters. The van der Waals surface area contributed by atoms with Crippen molar-refractivity contribution in [1.29, 1.82) is 0 Å². The number of alkyl halides is 1. The lowest BCUT2D eigenvalue weighted by Crippen LogP contribution is -2.08. The fourth-order valence-corrected chi connectivity index (χ4v) is 1.63. The molecule has 0 spiro atoms. The Kier molecular flexibility index (Phi) is 12.2. The Balaban J connectivity index is 0. The number of nitrogens with one attached hydrogen (secondary N) is 1. The molecule has 0 heterocycles. The summed E-state index contributed by atoms with van der Waals surface area (Å²) in [6.07, 6.45) is 4.02. The van der Waals surface area contributed by atoms with Gasteiger partial charge in [-0.1, -0.05) is 38.0 Å². The molecule has 1 rings (SSSR count). The van der Waals surface area contributed by atoms with Crippen molar-refractivity contribution in [3.63, 3.8) is 0 Å². The van der Waals surface area contributed by atoms with E-state index in [4.69, 9.17) is 0 Å². The molecule has 1 N–H and O–H groups in total. The van der Waals surface area contributed by atoms with Gasteiger partial charge in [0.25, 0.3) is 0 Å². The van der Waals surface area contributed by atoms with Crippen molar-refractivity contribution in [2.24, 2.45) is 0 Å². The number of benzene rings is 1. The van der Waals surface area contributed by atoms with E-state index in [1.54, 1.807) is 24.3 Å². The third-order valence-corrected chi connectivity index (χ3v) is 2.42. The van der Waals surface area contributed by atoms with Crippen LogP contribution in [0.3, 0.4) is 0 Å². The maximum absolute atomic E-state index is 11.2. The number of anilines is 1. The Morgan fingerprint density at radius 2 is 1.72 bits per heavy atom. The maximum Gasteiger partial charge on any atom is 0.229 e. The fourth-order valence-electron chi connectivity index (χ4n) is 1.06. The van der Waals surface area contributed by atoms with E-state index in [2.05, 4.69) is 11.6 Å². The van der Waals surface area contributed by atoms with Crippen molar-refractivity contribution in [2.75, 3.05) is 17.7 Å². The lowest BCUT2D eigenvalue weighted by Gasteiger charge is -2.00. The average molecular weight is 298 g/mol. The second-order valence-electron chi connectivity index (χ2n) is 3.64. The van der Waals surface area contributed by atoms with Crippen molar-refractivity contribution in [1.82, 2.24) is 0 Å². The molecule has 0 bridgehead atoms. The summed E-state index contributed by atoms with van der Waals surface area (Å²) in [7, 11) is -3.13. The number of para-hydroxylation sites is 1. The predicted molar refractivity (Wildman–Crippen MR) is 77.7 cm³/mol. The minimum atomic E-state index is -3.13. The van der Waals surface area contributed by atoms with Gasteiger partial charge < -0.3 is 0 Å². The molecule has 6 heteroatoms.